The van der Waals surface area contributed by atoms with Gasteiger partial charge in [-0.25, -0.2) is 0 Å². The molecule has 2 rings (SSSR count). The number of rotatable bonds is 3. The fourth-order valence-electron chi connectivity index (χ4n) is 1.98. The topological polar surface area (TPSA) is 51.3 Å². The van der Waals surface area contributed by atoms with Crippen LogP contribution in [0.4, 0.5) is 5.69 Å². The molecular weight excluding hydrogens is 306 g/mol. The van der Waals surface area contributed by atoms with Crippen LogP contribution in [0.2, 0.25) is 0 Å². The van der Waals surface area contributed by atoms with Gasteiger partial charge in [0.15, 0.2) is 0 Å². The van der Waals surface area contributed by atoms with E-state index in [1.165, 1.54) is 0 Å². The van der Waals surface area contributed by atoms with E-state index in [1.807, 2.05) is 31.3 Å². The molecule has 19 heavy (non-hydrogen) atoms. The molecule has 2 N–H and O–H groups in total. The number of carbonyl (C=O) groups is 1. The number of benzene rings is 1. The lowest BCUT2D eigenvalue weighted by atomic mass is 10.2. The Morgan fingerprint density at radius 2 is 2.16 bits per heavy atom. The average Bonchev–Trinajstić information content (AvgIpc) is 2.67. The van der Waals surface area contributed by atoms with E-state index in [1.54, 1.807) is 28.8 Å². The second-order valence-electron chi connectivity index (χ2n) is 4.56. The molecule has 0 saturated carbocycles. The summed E-state index contributed by atoms with van der Waals surface area (Å²) < 4.78 is 2.75. The third kappa shape index (κ3) is 3.17. The van der Waals surface area contributed by atoms with Crippen LogP contribution in [0.15, 0.2) is 41.0 Å². The number of nitrogen functional groups attached to an aromatic ring is 1. The second kappa shape index (κ2) is 5.48. The average molecular weight is 322 g/mol. The Labute approximate surface area is 120 Å². The summed E-state index contributed by atoms with van der Waals surface area (Å²) in [5, 5.41) is 0. The van der Waals surface area contributed by atoms with E-state index in [4.69, 9.17) is 5.73 Å². The van der Waals surface area contributed by atoms with Crippen molar-refractivity contribution in [2.75, 3.05) is 12.8 Å². The number of carbonyl (C=O) groups excluding carboxylic acids is 1. The summed E-state index contributed by atoms with van der Waals surface area (Å²) in [6.07, 6.45) is 1.74. The Morgan fingerprint density at radius 1 is 1.42 bits per heavy atom. The van der Waals surface area contributed by atoms with Crippen molar-refractivity contribution in [2.45, 2.75) is 6.54 Å². The predicted molar refractivity (Wildman–Crippen MR) is 79.8 cm³/mol. The molecule has 1 aromatic heterocycles. The first-order chi connectivity index (χ1) is 8.97. The quantitative estimate of drug-likeness (QED) is 0.944. The zero-order valence-electron chi connectivity index (χ0n) is 10.9. The SMILES string of the molecule is CN(Cc1cccc(Br)c1)C(=O)c1cc(N)cn1C. The van der Waals surface area contributed by atoms with Crippen LogP contribution in [0, 0.1) is 0 Å². The predicted octanol–water partition coefficient (Wildman–Crippen LogP) is 2.64. The van der Waals surface area contributed by atoms with E-state index in [0.29, 0.717) is 17.9 Å². The lowest BCUT2D eigenvalue weighted by Crippen LogP contribution is -2.27. The smallest absolute Gasteiger partial charge is 0.270 e. The van der Waals surface area contributed by atoms with E-state index >= 15 is 0 Å². The van der Waals surface area contributed by atoms with E-state index in [2.05, 4.69) is 15.9 Å². The maximum absolute atomic E-state index is 12.3. The summed E-state index contributed by atoms with van der Waals surface area (Å²) in [5.41, 5.74) is 7.96. The first-order valence-corrected chi connectivity index (χ1v) is 6.68. The van der Waals surface area contributed by atoms with Gasteiger partial charge in [-0.3, -0.25) is 4.79 Å². The van der Waals surface area contributed by atoms with E-state index < -0.39 is 0 Å². The molecule has 0 saturated heterocycles. The van der Waals surface area contributed by atoms with Crippen molar-refractivity contribution in [1.82, 2.24) is 9.47 Å². The minimum atomic E-state index is -0.0424. The van der Waals surface area contributed by atoms with Crippen LogP contribution in [0.1, 0.15) is 16.1 Å². The third-order valence-corrected chi connectivity index (χ3v) is 3.39. The Bertz CT molecular complexity index is 606. The van der Waals surface area contributed by atoms with Crippen molar-refractivity contribution in [1.29, 1.82) is 0 Å². The van der Waals surface area contributed by atoms with Gasteiger partial charge in [-0.15, -0.1) is 0 Å². The number of aromatic nitrogens is 1. The van der Waals surface area contributed by atoms with Crippen LogP contribution in [0.25, 0.3) is 0 Å². The van der Waals surface area contributed by atoms with Gasteiger partial charge >= 0.3 is 0 Å². The van der Waals surface area contributed by atoms with Gasteiger partial charge < -0.3 is 15.2 Å². The van der Waals surface area contributed by atoms with E-state index in [-0.39, 0.29) is 5.91 Å². The molecule has 0 aliphatic heterocycles. The maximum atomic E-state index is 12.3. The van der Waals surface area contributed by atoms with Crippen molar-refractivity contribution in [2.24, 2.45) is 7.05 Å². The highest BCUT2D eigenvalue weighted by Gasteiger charge is 2.15. The number of aryl methyl sites for hydroxylation is 1. The molecule has 0 radical (unpaired) electrons. The fourth-order valence-corrected chi connectivity index (χ4v) is 2.43. The fraction of sp³-hybridized carbons (Fsp3) is 0.214. The van der Waals surface area contributed by atoms with E-state index in [9.17, 15) is 4.79 Å². The normalized spacial score (nSPS) is 10.5. The van der Waals surface area contributed by atoms with Crippen molar-refractivity contribution >= 4 is 27.5 Å². The van der Waals surface area contributed by atoms with Crippen LogP contribution >= 0.6 is 15.9 Å². The maximum Gasteiger partial charge on any atom is 0.270 e. The Balaban J connectivity index is 2.14. The van der Waals surface area contributed by atoms with E-state index in [0.717, 1.165) is 10.0 Å². The number of halogens is 1. The summed E-state index contributed by atoms with van der Waals surface area (Å²) in [4.78, 5) is 14.0. The molecule has 0 atom stereocenters. The molecule has 0 aliphatic carbocycles. The lowest BCUT2D eigenvalue weighted by Gasteiger charge is -2.17. The molecule has 100 valence electrons. The molecule has 1 amide bonds. The monoisotopic (exact) mass is 321 g/mol. The first-order valence-electron chi connectivity index (χ1n) is 5.89. The molecule has 1 aromatic carbocycles. The number of nitrogens with zero attached hydrogens (tertiary/aromatic N) is 2. The van der Waals surface area contributed by atoms with Gasteiger partial charge in [0, 0.05) is 31.3 Å². The number of anilines is 1. The number of hydrogen-bond acceptors (Lipinski definition) is 2. The molecule has 0 fully saturated rings. The molecule has 0 aliphatic rings. The molecule has 2 aromatic rings. The largest absolute Gasteiger partial charge is 0.397 e. The van der Waals surface area contributed by atoms with Gasteiger partial charge in [0.1, 0.15) is 5.69 Å². The minimum absolute atomic E-state index is 0.0424. The molecule has 0 unspecified atom stereocenters. The summed E-state index contributed by atoms with van der Waals surface area (Å²) in [6, 6.07) is 9.61. The molecular formula is C14H16BrN3O. The molecule has 0 spiro atoms. The minimum Gasteiger partial charge on any atom is -0.397 e. The highest BCUT2D eigenvalue weighted by atomic mass is 79.9. The highest BCUT2D eigenvalue weighted by molar-refractivity contribution is 9.10. The zero-order chi connectivity index (χ0) is 14.0. The lowest BCUT2D eigenvalue weighted by molar-refractivity contribution is 0.0775. The summed E-state index contributed by atoms with van der Waals surface area (Å²) in [5.74, 6) is -0.0424. The second-order valence-corrected chi connectivity index (χ2v) is 5.48. The molecule has 4 nitrogen and oxygen atoms in total. The Hall–Kier alpha value is -1.75. The molecule has 0 bridgehead atoms. The summed E-state index contributed by atoms with van der Waals surface area (Å²) in [7, 11) is 3.60. The molecule has 5 heteroatoms. The number of hydrogen-bond donors (Lipinski definition) is 1. The highest BCUT2D eigenvalue weighted by Crippen LogP contribution is 2.15. The van der Waals surface area contributed by atoms with Gasteiger partial charge in [-0.05, 0) is 23.8 Å². The number of amides is 1. The first kappa shape index (κ1) is 13.7. The number of nitrogens with two attached hydrogens (primary N) is 1. The van der Waals surface area contributed by atoms with Gasteiger partial charge in [0.05, 0.1) is 5.69 Å². The molecule has 1 heterocycles. The van der Waals surface area contributed by atoms with Crippen molar-refractivity contribution in [3.05, 3.63) is 52.3 Å². The van der Waals surface area contributed by atoms with Crippen molar-refractivity contribution < 1.29 is 4.79 Å². The van der Waals surface area contributed by atoms with Crippen LogP contribution in [-0.2, 0) is 13.6 Å². The Morgan fingerprint density at radius 3 is 2.74 bits per heavy atom. The summed E-state index contributed by atoms with van der Waals surface area (Å²) >= 11 is 3.42. The van der Waals surface area contributed by atoms with Crippen LogP contribution in [0.5, 0.6) is 0 Å². The standard InChI is InChI=1S/C14H16BrN3O/c1-17-9-12(16)7-13(17)14(19)18(2)8-10-4-3-5-11(15)6-10/h3-7,9H,8,16H2,1-2H3. The van der Waals surface area contributed by atoms with Gasteiger partial charge in [0.2, 0.25) is 0 Å². The Kier molecular flexibility index (Phi) is 3.95. The van der Waals surface area contributed by atoms with Crippen LogP contribution < -0.4 is 5.73 Å². The van der Waals surface area contributed by atoms with Crippen molar-refractivity contribution in [3.8, 4) is 0 Å². The van der Waals surface area contributed by atoms with Gasteiger partial charge in [0.25, 0.3) is 5.91 Å². The third-order valence-electron chi connectivity index (χ3n) is 2.90. The van der Waals surface area contributed by atoms with Crippen LogP contribution in [0.3, 0.4) is 0 Å². The van der Waals surface area contributed by atoms with Crippen LogP contribution in [-0.4, -0.2) is 22.4 Å². The van der Waals surface area contributed by atoms with Crippen molar-refractivity contribution in [3.63, 3.8) is 0 Å². The summed E-state index contributed by atoms with van der Waals surface area (Å²) in [6.45, 7) is 0.559. The van der Waals surface area contributed by atoms with Gasteiger partial charge in [-0.1, -0.05) is 28.1 Å². The van der Waals surface area contributed by atoms with Gasteiger partial charge in [-0.2, -0.15) is 0 Å². The zero-order valence-corrected chi connectivity index (χ0v) is 12.5.